The van der Waals surface area contributed by atoms with Gasteiger partial charge in [0.05, 0.1) is 0 Å². The third-order valence-corrected chi connectivity index (χ3v) is 3.98. The fourth-order valence-corrected chi connectivity index (χ4v) is 2.83. The van der Waals surface area contributed by atoms with Crippen molar-refractivity contribution in [2.24, 2.45) is 0 Å². The Morgan fingerprint density at radius 3 is 2.52 bits per heavy atom. The number of aliphatic hydroxyl groups excluding tert-OH is 1. The number of aliphatic hydroxyl groups is 1. The maximum Gasteiger partial charge on any atom is 0.461 e. The van der Waals surface area contributed by atoms with Crippen molar-refractivity contribution in [3.63, 3.8) is 0 Å². The monoisotopic (exact) mass is 386 g/mol. The molecule has 144 valence electrons. The molecule has 0 unspecified atom stereocenters. The van der Waals surface area contributed by atoms with Gasteiger partial charge in [0.2, 0.25) is 0 Å². The standard InChI is InChI=1S/C16H22F4N2O2.ClH/c17-15(18)16(19,20)24-13-4-1-3-12(11-13)14(5-2-10-23)22-8-6-21-7-9-22;/h1,3-4,11,14-15,21,23H,2,5-10H2;1H/t14-;/m0./s1. The highest BCUT2D eigenvalue weighted by Gasteiger charge is 2.44. The summed E-state index contributed by atoms with van der Waals surface area (Å²) >= 11 is 0. The van der Waals surface area contributed by atoms with Crippen LogP contribution in [0.25, 0.3) is 0 Å². The maximum absolute atomic E-state index is 13.1. The molecule has 1 fully saturated rings. The van der Waals surface area contributed by atoms with Crippen LogP contribution in [0, 0.1) is 0 Å². The van der Waals surface area contributed by atoms with Crippen LogP contribution in [-0.2, 0) is 0 Å². The SMILES string of the molecule is Cl.OCCC[C@@H](c1cccc(OC(F)(F)C(F)F)c1)N1CCNCC1. The molecule has 1 aromatic rings. The Morgan fingerprint density at radius 1 is 1.24 bits per heavy atom. The predicted octanol–water partition coefficient (Wildman–Crippen LogP) is 3.06. The summed E-state index contributed by atoms with van der Waals surface area (Å²) in [5.74, 6) is -0.290. The minimum Gasteiger partial charge on any atom is -0.428 e. The van der Waals surface area contributed by atoms with Crippen LogP contribution in [0.1, 0.15) is 24.4 Å². The van der Waals surface area contributed by atoms with Crippen molar-refractivity contribution in [2.45, 2.75) is 31.4 Å². The Labute approximate surface area is 150 Å². The number of nitrogens with zero attached hydrogens (tertiary/aromatic N) is 1. The molecule has 25 heavy (non-hydrogen) atoms. The number of nitrogens with one attached hydrogen (secondary N) is 1. The van der Waals surface area contributed by atoms with Crippen molar-refractivity contribution in [3.05, 3.63) is 29.8 Å². The number of hydrogen-bond acceptors (Lipinski definition) is 4. The zero-order chi connectivity index (χ0) is 17.6. The Morgan fingerprint density at radius 2 is 1.92 bits per heavy atom. The fourth-order valence-electron chi connectivity index (χ4n) is 2.83. The summed E-state index contributed by atoms with van der Waals surface area (Å²) in [5.41, 5.74) is 0.716. The average molecular weight is 387 g/mol. The number of piperazine rings is 1. The lowest BCUT2D eigenvalue weighted by atomic mass is 9.99. The van der Waals surface area contributed by atoms with E-state index in [1.807, 2.05) is 0 Å². The van der Waals surface area contributed by atoms with E-state index in [9.17, 15) is 17.6 Å². The van der Waals surface area contributed by atoms with E-state index < -0.39 is 12.5 Å². The summed E-state index contributed by atoms with van der Waals surface area (Å²) in [6.45, 7) is 3.23. The third-order valence-electron chi connectivity index (χ3n) is 3.98. The molecule has 0 bridgehead atoms. The molecular formula is C16H23ClF4N2O2. The topological polar surface area (TPSA) is 44.7 Å². The zero-order valence-corrected chi connectivity index (χ0v) is 14.5. The van der Waals surface area contributed by atoms with Crippen molar-refractivity contribution >= 4 is 12.4 Å². The quantitative estimate of drug-likeness (QED) is 0.674. The Kier molecular flexibility index (Phi) is 8.92. The van der Waals surface area contributed by atoms with Gasteiger partial charge in [0.1, 0.15) is 5.75 Å². The van der Waals surface area contributed by atoms with E-state index in [1.54, 1.807) is 6.07 Å². The molecule has 4 nitrogen and oxygen atoms in total. The molecule has 2 rings (SSSR count). The molecule has 0 radical (unpaired) electrons. The molecule has 1 aliphatic rings. The van der Waals surface area contributed by atoms with Gasteiger partial charge in [-0.1, -0.05) is 12.1 Å². The summed E-state index contributed by atoms with van der Waals surface area (Å²) in [5, 5.41) is 12.3. The molecule has 1 aliphatic heterocycles. The van der Waals surface area contributed by atoms with Crippen molar-refractivity contribution in [2.75, 3.05) is 32.8 Å². The molecular weight excluding hydrogens is 364 g/mol. The first kappa shape index (κ1) is 22.0. The Balaban J connectivity index is 0.00000312. The average Bonchev–Trinajstić information content (AvgIpc) is 2.56. The number of hydrogen-bond donors (Lipinski definition) is 2. The van der Waals surface area contributed by atoms with Crippen molar-refractivity contribution < 1.29 is 27.4 Å². The summed E-state index contributed by atoms with van der Waals surface area (Å²) in [7, 11) is 0. The molecule has 0 aliphatic carbocycles. The second-order valence-corrected chi connectivity index (χ2v) is 5.70. The van der Waals surface area contributed by atoms with E-state index in [0.717, 1.165) is 26.2 Å². The van der Waals surface area contributed by atoms with Crippen LogP contribution >= 0.6 is 12.4 Å². The first-order valence-corrected chi connectivity index (χ1v) is 7.94. The highest BCUT2D eigenvalue weighted by molar-refractivity contribution is 5.85. The molecule has 0 spiro atoms. The zero-order valence-electron chi connectivity index (χ0n) is 13.6. The highest BCUT2D eigenvalue weighted by atomic mass is 35.5. The van der Waals surface area contributed by atoms with Crippen LogP contribution in [-0.4, -0.2) is 55.3 Å². The molecule has 1 atom stereocenters. The minimum atomic E-state index is -4.52. The lowest BCUT2D eigenvalue weighted by molar-refractivity contribution is -0.253. The van der Waals surface area contributed by atoms with Gasteiger partial charge in [-0.3, -0.25) is 4.90 Å². The van der Waals surface area contributed by atoms with Gasteiger partial charge in [-0.25, -0.2) is 0 Å². The second-order valence-electron chi connectivity index (χ2n) is 5.70. The lowest BCUT2D eigenvalue weighted by Crippen LogP contribution is -2.45. The van der Waals surface area contributed by atoms with E-state index in [4.69, 9.17) is 5.11 Å². The lowest BCUT2D eigenvalue weighted by Gasteiger charge is -2.35. The number of ether oxygens (including phenoxy) is 1. The van der Waals surface area contributed by atoms with E-state index in [1.165, 1.54) is 18.2 Å². The first-order valence-electron chi connectivity index (χ1n) is 7.94. The van der Waals surface area contributed by atoms with E-state index in [2.05, 4.69) is 15.0 Å². The summed E-state index contributed by atoms with van der Waals surface area (Å²) in [6.07, 6.45) is -7.20. The van der Waals surface area contributed by atoms with Crippen LogP contribution in [0.5, 0.6) is 5.75 Å². The second kappa shape index (κ2) is 10.2. The fraction of sp³-hybridized carbons (Fsp3) is 0.625. The van der Waals surface area contributed by atoms with Gasteiger partial charge in [-0.05, 0) is 30.5 Å². The molecule has 1 heterocycles. The highest BCUT2D eigenvalue weighted by Crippen LogP contribution is 2.32. The first-order chi connectivity index (χ1) is 11.4. The number of rotatable bonds is 8. The van der Waals surface area contributed by atoms with Gasteiger partial charge in [-0.2, -0.15) is 17.6 Å². The van der Waals surface area contributed by atoms with Gasteiger partial charge >= 0.3 is 12.5 Å². The molecule has 9 heteroatoms. The molecule has 1 aromatic carbocycles. The van der Waals surface area contributed by atoms with Gasteiger partial charge in [0, 0.05) is 38.8 Å². The van der Waals surface area contributed by atoms with Gasteiger partial charge < -0.3 is 15.2 Å². The van der Waals surface area contributed by atoms with Crippen molar-refractivity contribution in [1.82, 2.24) is 10.2 Å². The van der Waals surface area contributed by atoms with E-state index >= 15 is 0 Å². The molecule has 1 saturated heterocycles. The van der Waals surface area contributed by atoms with Gasteiger partial charge in [0.25, 0.3) is 0 Å². The number of halogens is 5. The normalized spacial score (nSPS) is 17.2. The molecule has 2 N–H and O–H groups in total. The van der Waals surface area contributed by atoms with Crippen molar-refractivity contribution in [3.8, 4) is 5.75 Å². The van der Waals surface area contributed by atoms with Gasteiger partial charge in [-0.15, -0.1) is 12.4 Å². The molecule has 0 saturated carbocycles. The minimum absolute atomic E-state index is 0. The van der Waals surface area contributed by atoms with E-state index in [-0.39, 0.29) is 30.8 Å². The number of alkyl halides is 4. The van der Waals surface area contributed by atoms with E-state index in [0.29, 0.717) is 18.4 Å². The van der Waals surface area contributed by atoms with Crippen LogP contribution in [0.4, 0.5) is 17.6 Å². The van der Waals surface area contributed by atoms with Crippen molar-refractivity contribution in [1.29, 1.82) is 0 Å². The predicted molar refractivity (Wildman–Crippen MR) is 88.8 cm³/mol. The largest absolute Gasteiger partial charge is 0.461 e. The summed E-state index contributed by atoms with van der Waals surface area (Å²) < 4.78 is 55.0. The summed E-state index contributed by atoms with van der Waals surface area (Å²) in [6, 6.07) is 5.81. The third kappa shape index (κ3) is 6.29. The molecule has 0 aromatic heterocycles. The smallest absolute Gasteiger partial charge is 0.428 e. The van der Waals surface area contributed by atoms with Crippen LogP contribution in [0.15, 0.2) is 24.3 Å². The summed E-state index contributed by atoms with van der Waals surface area (Å²) in [4.78, 5) is 2.19. The number of benzene rings is 1. The Hall–Kier alpha value is -1.09. The van der Waals surface area contributed by atoms with Gasteiger partial charge in [0.15, 0.2) is 0 Å². The van der Waals surface area contributed by atoms with Crippen LogP contribution in [0.3, 0.4) is 0 Å². The Bertz CT molecular complexity index is 517. The van der Waals surface area contributed by atoms with Crippen LogP contribution in [0.2, 0.25) is 0 Å². The maximum atomic E-state index is 13.1. The molecule has 0 amide bonds. The van der Waals surface area contributed by atoms with Crippen LogP contribution < -0.4 is 10.1 Å².